The molecule has 0 unspecified atom stereocenters. The highest BCUT2D eigenvalue weighted by atomic mass is 28.3. The average molecular weight is 298 g/mol. The van der Waals surface area contributed by atoms with Crippen molar-refractivity contribution in [1.29, 1.82) is 0 Å². The number of likely N-dealkylation sites (tertiary alicyclic amines) is 1. The van der Waals surface area contributed by atoms with Crippen molar-refractivity contribution in [2.24, 2.45) is 11.8 Å². The fourth-order valence-electron chi connectivity index (χ4n) is 4.09. The van der Waals surface area contributed by atoms with Crippen molar-refractivity contribution in [2.75, 3.05) is 6.54 Å². The lowest BCUT2D eigenvalue weighted by Crippen LogP contribution is -2.53. The Hall–Kier alpha value is -0.513. The minimum atomic E-state index is -1.41. The van der Waals surface area contributed by atoms with Crippen molar-refractivity contribution in [3.63, 3.8) is 0 Å². The van der Waals surface area contributed by atoms with Crippen molar-refractivity contribution in [3.8, 4) is 0 Å². The van der Waals surface area contributed by atoms with E-state index in [-0.39, 0.29) is 6.09 Å². The Bertz CT molecular complexity index is 370. The Morgan fingerprint density at radius 1 is 1.15 bits per heavy atom. The second-order valence-electron chi connectivity index (χ2n) is 8.65. The van der Waals surface area contributed by atoms with E-state index in [9.17, 15) is 4.79 Å². The van der Waals surface area contributed by atoms with E-state index in [1.54, 1.807) is 0 Å². The first kappa shape index (κ1) is 15.9. The molecule has 20 heavy (non-hydrogen) atoms. The van der Waals surface area contributed by atoms with Crippen LogP contribution in [0.25, 0.3) is 0 Å². The van der Waals surface area contributed by atoms with Crippen molar-refractivity contribution in [3.05, 3.63) is 0 Å². The summed E-state index contributed by atoms with van der Waals surface area (Å²) in [6, 6.07) is 0. The standard InChI is InChI=1S/C16H31NO2Si/c1-16(2,3)19-15(18)17-11-12-9-7-8-10-13(12)14(17)20(4,5)6/h12-14H,7-11H2,1-6H3/t12-,13-,14+/m1/s1. The first-order chi connectivity index (χ1) is 9.09. The van der Waals surface area contributed by atoms with E-state index in [4.69, 9.17) is 4.74 Å². The molecule has 2 fully saturated rings. The Balaban J connectivity index is 2.20. The Morgan fingerprint density at radius 3 is 2.30 bits per heavy atom. The SMILES string of the molecule is CC(C)(C)OC(=O)N1C[C@H]2CCCC[C@H]2[C@@H]1[Si](C)(C)C. The van der Waals surface area contributed by atoms with Gasteiger partial charge in [0.2, 0.25) is 0 Å². The molecule has 0 spiro atoms. The summed E-state index contributed by atoms with van der Waals surface area (Å²) < 4.78 is 5.66. The fourth-order valence-corrected chi connectivity index (χ4v) is 6.96. The molecule has 3 nitrogen and oxygen atoms in total. The zero-order valence-corrected chi connectivity index (χ0v) is 15.0. The molecule has 1 saturated carbocycles. The topological polar surface area (TPSA) is 29.5 Å². The van der Waals surface area contributed by atoms with Crippen LogP contribution in [0.15, 0.2) is 0 Å². The number of amides is 1. The highest BCUT2D eigenvalue weighted by molar-refractivity contribution is 6.77. The lowest BCUT2D eigenvalue weighted by Gasteiger charge is -2.39. The molecule has 0 bridgehead atoms. The van der Waals surface area contributed by atoms with E-state index >= 15 is 0 Å². The number of hydrogen-bond acceptors (Lipinski definition) is 2. The van der Waals surface area contributed by atoms with Gasteiger partial charge in [-0.2, -0.15) is 0 Å². The summed E-state index contributed by atoms with van der Waals surface area (Å²) in [5.41, 5.74) is 0.0668. The quantitative estimate of drug-likeness (QED) is 0.676. The average Bonchev–Trinajstić information content (AvgIpc) is 2.65. The first-order valence-electron chi connectivity index (χ1n) is 8.09. The smallest absolute Gasteiger partial charge is 0.410 e. The molecule has 1 saturated heterocycles. The number of carbonyl (C=O) groups is 1. The zero-order chi connectivity index (χ0) is 15.1. The van der Waals surface area contributed by atoms with Gasteiger partial charge in [0.15, 0.2) is 0 Å². The van der Waals surface area contributed by atoms with Gasteiger partial charge < -0.3 is 9.64 Å². The van der Waals surface area contributed by atoms with Crippen molar-refractivity contribution < 1.29 is 9.53 Å². The van der Waals surface area contributed by atoms with Crippen LogP contribution in [0.5, 0.6) is 0 Å². The minimum absolute atomic E-state index is 0.0840. The summed E-state index contributed by atoms with van der Waals surface area (Å²) >= 11 is 0. The lowest BCUT2D eigenvalue weighted by molar-refractivity contribution is 0.0253. The third-order valence-corrected chi connectivity index (χ3v) is 7.17. The van der Waals surface area contributed by atoms with Crippen molar-refractivity contribution in [1.82, 2.24) is 4.90 Å². The molecule has 1 aliphatic heterocycles. The van der Waals surface area contributed by atoms with Gasteiger partial charge >= 0.3 is 6.09 Å². The summed E-state index contributed by atoms with van der Waals surface area (Å²) in [7, 11) is -1.41. The van der Waals surface area contributed by atoms with Crippen LogP contribution in [0.2, 0.25) is 19.6 Å². The van der Waals surface area contributed by atoms with Crippen molar-refractivity contribution in [2.45, 2.75) is 77.4 Å². The maximum absolute atomic E-state index is 12.6. The van der Waals surface area contributed by atoms with Gasteiger partial charge in [0.05, 0.1) is 8.07 Å². The molecule has 0 radical (unpaired) electrons. The van der Waals surface area contributed by atoms with E-state index in [1.807, 2.05) is 20.8 Å². The third kappa shape index (κ3) is 3.38. The van der Waals surface area contributed by atoms with Crippen LogP contribution in [0, 0.1) is 11.8 Å². The number of rotatable bonds is 1. The number of fused-ring (bicyclic) bond motifs is 1. The second kappa shape index (κ2) is 5.36. The molecule has 0 aromatic carbocycles. The van der Waals surface area contributed by atoms with Crippen LogP contribution in [-0.2, 0) is 4.74 Å². The molecular formula is C16H31NO2Si. The number of nitrogens with zero attached hydrogens (tertiary/aromatic N) is 1. The maximum atomic E-state index is 12.6. The predicted octanol–water partition coefficient (Wildman–Crippen LogP) is 4.29. The summed E-state index contributed by atoms with van der Waals surface area (Å²) in [6.07, 6.45) is 5.19. The predicted molar refractivity (Wildman–Crippen MR) is 85.5 cm³/mol. The van der Waals surface area contributed by atoms with Crippen LogP contribution in [-0.4, -0.2) is 36.9 Å². The molecule has 1 heterocycles. The maximum Gasteiger partial charge on any atom is 0.410 e. The Labute approximate surface area is 125 Å². The van der Waals surface area contributed by atoms with Gasteiger partial charge in [-0.25, -0.2) is 4.79 Å². The minimum Gasteiger partial charge on any atom is -0.444 e. The number of carbonyl (C=O) groups excluding carboxylic acids is 1. The summed E-state index contributed by atoms with van der Waals surface area (Å²) in [5, 5.41) is 0. The van der Waals surface area contributed by atoms with Crippen LogP contribution in [0.1, 0.15) is 46.5 Å². The van der Waals surface area contributed by atoms with Gasteiger partial charge in [-0.3, -0.25) is 0 Å². The van der Waals surface area contributed by atoms with E-state index in [2.05, 4.69) is 24.5 Å². The van der Waals surface area contributed by atoms with Gasteiger partial charge in [-0.05, 0) is 45.4 Å². The van der Waals surface area contributed by atoms with Crippen LogP contribution < -0.4 is 0 Å². The number of hydrogen-bond donors (Lipinski definition) is 0. The van der Waals surface area contributed by atoms with E-state index in [0.717, 1.165) is 12.5 Å². The molecule has 1 amide bonds. The Morgan fingerprint density at radius 2 is 1.75 bits per heavy atom. The van der Waals surface area contributed by atoms with Gasteiger partial charge in [-0.1, -0.05) is 32.5 Å². The zero-order valence-electron chi connectivity index (χ0n) is 14.0. The second-order valence-corrected chi connectivity index (χ2v) is 14.0. The first-order valence-corrected chi connectivity index (χ1v) is 11.7. The molecule has 3 atom stereocenters. The van der Waals surface area contributed by atoms with Gasteiger partial charge in [0.25, 0.3) is 0 Å². The van der Waals surface area contributed by atoms with Gasteiger partial charge in [-0.15, -0.1) is 0 Å². The monoisotopic (exact) mass is 297 g/mol. The molecule has 2 rings (SSSR count). The molecule has 0 aromatic heterocycles. The highest BCUT2D eigenvalue weighted by Crippen LogP contribution is 2.44. The number of ether oxygens (including phenoxy) is 1. The van der Waals surface area contributed by atoms with E-state index < -0.39 is 13.7 Å². The molecule has 4 heteroatoms. The van der Waals surface area contributed by atoms with Crippen LogP contribution in [0.3, 0.4) is 0 Å². The molecular weight excluding hydrogens is 266 g/mol. The van der Waals surface area contributed by atoms with Crippen molar-refractivity contribution >= 4 is 14.2 Å². The summed E-state index contributed by atoms with van der Waals surface area (Å²) in [6.45, 7) is 14.0. The normalized spacial score (nSPS) is 31.1. The molecule has 0 N–H and O–H groups in total. The highest BCUT2D eigenvalue weighted by Gasteiger charge is 2.50. The van der Waals surface area contributed by atoms with Gasteiger partial charge in [0.1, 0.15) is 5.60 Å². The van der Waals surface area contributed by atoms with E-state index in [0.29, 0.717) is 11.6 Å². The molecule has 2 aliphatic rings. The largest absolute Gasteiger partial charge is 0.444 e. The van der Waals surface area contributed by atoms with E-state index in [1.165, 1.54) is 25.7 Å². The van der Waals surface area contributed by atoms with Crippen LogP contribution >= 0.6 is 0 Å². The summed E-state index contributed by atoms with van der Waals surface area (Å²) in [4.78, 5) is 14.7. The summed E-state index contributed by atoms with van der Waals surface area (Å²) in [5.74, 6) is 1.44. The van der Waals surface area contributed by atoms with Crippen LogP contribution in [0.4, 0.5) is 4.79 Å². The van der Waals surface area contributed by atoms with Gasteiger partial charge in [0, 0.05) is 12.2 Å². The lowest BCUT2D eigenvalue weighted by atomic mass is 9.82. The third-order valence-electron chi connectivity index (χ3n) is 4.66. The molecule has 116 valence electrons. The Kier molecular flexibility index (Phi) is 4.25. The molecule has 1 aliphatic carbocycles. The fraction of sp³-hybridized carbons (Fsp3) is 0.938. The molecule has 0 aromatic rings.